The zero-order chi connectivity index (χ0) is 9.23. The summed E-state index contributed by atoms with van der Waals surface area (Å²) in [6.07, 6.45) is 7.01. The van der Waals surface area contributed by atoms with Crippen LogP contribution in [0, 0.1) is 0 Å². The second kappa shape index (κ2) is 9.75. The Labute approximate surface area is 85.5 Å². The van der Waals surface area contributed by atoms with E-state index in [1.165, 1.54) is 25.1 Å². The monoisotopic (exact) mass is 207 g/mol. The Morgan fingerprint density at radius 3 is 2.58 bits per heavy atom. The molecule has 0 aliphatic rings. The highest BCUT2D eigenvalue weighted by Crippen LogP contribution is 2.02. The molecule has 0 aliphatic heterocycles. The van der Waals surface area contributed by atoms with E-state index >= 15 is 0 Å². The second-order valence-corrected chi connectivity index (χ2v) is 5.21. The van der Waals surface area contributed by atoms with Crippen molar-refractivity contribution in [2.75, 3.05) is 31.4 Å². The molecule has 0 heterocycles. The zero-order valence-corrected chi connectivity index (χ0v) is 10.1. The maximum atomic E-state index is 3.46. The van der Waals surface area contributed by atoms with Crippen molar-refractivity contribution in [2.24, 2.45) is 0 Å². The predicted octanol–water partition coefficient (Wildman–Crippen LogP) is 2.47. The van der Waals surface area contributed by atoms with Gasteiger partial charge in [-0.2, -0.15) is 23.5 Å². The average Bonchev–Trinajstić information content (AvgIpc) is 2.10. The van der Waals surface area contributed by atoms with E-state index in [9.17, 15) is 0 Å². The summed E-state index contributed by atoms with van der Waals surface area (Å²) in [7, 11) is 0. The van der Waals surface area contributed by atoms with Crippen LogP contribution in [0.15, 0.2) is 0 Å². The lowest BCUT2D eigenvalue weighted by molar-refractivity contribution is 0.641. The van der Waals surface area contributed by atoms with E-state index in [1.807, 2.05) is 23.5 Å². The Bertz CT molecular complexity index is 88.6. The SMILES string of the molecule is CSCCCCNCC(C)SC. The van der Waals surface area contributed by atoms with Gasteiger partial charge in [-0.1, -0.05) is 6.92 Å². The lowest BCUT2D eigenvalue weighted by Crippen LogP contribution is -2.23. The summed E-state index contributed by atoms with van der Waals surface area (Å²) in [5, 5.41) is 4.22. The molecule has 0 radical (unpaired) electrons. The highest BCUT2D eigenvalue weighted by Gasteiger charge is 1.96. The van der Waals surface area contributed by atoms with E-state index in [-0.39, 0.29) is 0 Å². The van der Waals surface area contributed by atoms with Gasteiger partial charge in [0, 0.05) is 11.8 Å². The van der Waals surface area contributed by atoms with Crippen LogP contribution in [0.4, 0.5) is 0 Å². The number of hydrogen-bond acceptors (Lipinski definition) is 3. The minimum Gasteiger partial charge on any atom is -0.316 e. The van der Waals surface area contributed by atoms with Gasteiger partial charge in [0.15, 0.2) is 0 Å². The van der Waals surface area contributed by atoms with E-state index in [2.05, 4.69) is 24.8 Å². The van der Waals surface area contributed by atoms with Crippen LogP contribution >= 0.6 is 23.5 Å². The number of unbranched alkanes of at least 4 members (excludes halogenated alkanes) is 1. The standard InChI is InChI=1S/C9H21NS2/c1-9(12-3)8-10-6-4-5-7-11-2/h9-10H,4-8H2,1-3H3. The third kappa shape index (κ3) is 8.75. The molecule has 0 rings (SSSR count). The van der Waals surface area contributed by atoms with Crippen LogP contribution in [0.2, 0.25) is 0 Å². The van der Waals surface area contributed by atoms with Crippen molar-refractivity contribution >= 4 is 23.5 Å². The fourth-order valence-corrected chi connectivity index (χ4v) is 1.66. The van der Waals surface area contributed by atoms with Crippen molar-refractivity contribution in [1.82, 2.24) is 5.32 Å². The lowest BCUT2D eigenvalue weighted by atomic mass is 10.3. The third-order valence-corrected chi connectivity index (χ3v) is 3.45. The summed E-state index contributed by atoms with van der Waals surface area (Å²) in [5.74, 6) is 1.31. The van der Waals surface area contributed by atoms with E-state index in [1.54, 1.807) is 0 Å². The topological polar surface area (TPSA) is 12.0 Å². The number of hydrogen-bond donors (Lipinski definition) is 1. The first kappa shape index (κ1) is 12.7. The highest BCUT2D eigenvalue weighted by molar-refractivity contribution is 7.99. The maximum absolute atomic E-state index is 3.46. The molecule has 0 aromatic carbocycles. The largest absolute Gasteiger partial charge is 0.316 e. The van der Waals surface area contributed by atoms with Gasteiger partial charge in [0.2, 0.25) is 0 Å². The molecule has 12 heavy (non-hydrogen) atoms. The van der Waals surface area contributed by atoms with Gasteiger partial charge in [0.1, 0.15) is 0 Å². The van der Waals surface area contributed by atoms with Crippen LogP contribution < -0.4 is 5.32 Å². The van der Waals surface area contributed by atoms with Crippen LogP contribution in [0.3, 0.4) is 0 Å². The van der Waals surface area contributed by atoms with E-state index in [0.717, 1.165) is 11.8 Å². The van der Waals surface area contributed by atoms with Crippen LogP contribution in [0.1, 0.15) is 19.8 Å². The molecule has 0 amide bonds. The van der Waals surface area contributed by atoms with Crippen molar-refractivity contribution in [1.29, 1.82) is 0 Å². The molecule has 0 bridgehead atoms. The van der Waals surface area contributed by atoms with Gasteiger partial charge in [0.05, 0.1) is 0 Å². The quantitative estimate of drug-likeness (QED) is 0.614. The van der Waals surface area contributed by atoms with Crippen molar-refractivity contribution in [3.63, 3.8) is 0 Å². The Hall–Kier alpha value is 0.660. The van der Waals surface area contributed by atoms with E-state index < -0.39 is 0 Å². The first-order valence-electron chi connectivity index (χ1n) is 4.53. The van der Waals surface area contributed by atoms with Gasteiger partial charge in [-0.05, 0) is 37.7 Å². The number of rotatable bonds is 8. The van der Waals surface area contributed by atoms with Crippen molar-refractivity contribution in [2.45, 2.75) is 25.0 Å². The van der Waals surface area contributed by atoms with Gasteiger partial charge in [-0.15, -0.1) is 0 Å². The van der Waals surface area contributed by atoms with Crippen LogP contribution in [0.25, 0.3) is 0 Å². The average molecular weight is 207 g/mol. The molecule has 0 aliphatic carbocycles. The van der Waals surface area contributed by atoms with E-state index in [0.29, 0.717) is 0 Å². The first-order valence-corrected chi connectivity index (χ1v) is 7.22. The molecule has 1 nitrogen and oxygen atoms in total. The molecule has 0 spiro atoms. The molecule has 74 valence electrons. The van der Waals surface area contributed by atoms with Gasteiger partial charge in [0.25, 0.3) is 0 Å². The van der Waals surface area contributed by atoms with Gasteiger partial charge >= 0.3 is 0 Å². The summed E-state index contributed by atoms with van der Waals surface area (Å²) < 4.78 is 0. The molecule has 1 N–H and O–H groups in total. The molecular formula is C9H21NS2. The summed E-state index contributed by atoms with van der Waals surface area (Å²) in [6.45, 7) is 4.60. The minimum absolute atomic E-state index is 0.755. The summed E-state index contributed by atoms with van der Waals surface area (Å²) >= 11 is 3.87. The molecule has 0 saturated heterocycles. The van der Waals surface area contributed by atoms with Gasteiger partial charge in [-0.3, -0.25) is 0 Å². The van der Waals surface area contributed by atoms with Crippen LogP contribution in [0.5, 0.6) is 0 Å². The number of nitrogens with one attached hydrogen (secondary N) is 1. The van der Waals surface area contributed by atoms with Gasteiger partial charge < -0.3 is 5.32 Å². The first-order chi connectivity index (χ1) is 5.81. The fraction of sp³-hybridized carbons (Fsp3) is 1.00. The molecular weight excluding hydrogens is 186 g/mol. The second-order valence-electron chi connectivity index (χ2n) is 2.95. The fourth-order valence-electron chi connectivity index (χ4n) is 0.885. The normalized spacial score (nSPS) is 13.2. The third-order valence-electron chi connectivity index (χ3n) is 1.79. The Morgan fingerprint density at radius 1 is 1.25 bits per heavy atom. The van der Waals surface area contributed by atoms with E-state index in [4.69, 9.17) is 0 Å². The van der Waals surface area contributed by atoms with Crippen molar-refractivity contribution in [3.05, 3.63) is 0 Å². The summed E-state index contributed by atoms with van der Waals surface area (Å²) in [6, 6.07) is 0. The maximum Gasteiger partial charge on any atom is 0.0141 e. The summed E-state index contributed by atoms with van der Waals surface area (Å²) in [5.41, 5.74) is 0. The van der Waals surface area contributed by atoms with Crippen molar-refractivity contribution < 1.29 is 0 Å². The molecule has 0 aromatic heterocycles. The molecule has 1 unspecified atom stereocenters. The highest BCUT2D eigenvalue weighted by atomic mass is 32.2. The number of thioether (sulfide) groups is 2. The summed E-state index contributed by atoms with van der Waals surface area (Å²) in [4.78, 5) is 0. The van der Waals surface area contributed by atoms with Crippen LogP contribution in [-0.4, -0.2) is 36.6 Å². The molecule has 0 aromatic rings. The zero-order valence-electron chi connectivity index (χ0n) is 8.43. The Balaban J connectivity index is 2.90. The van der Waals surface area contributed by atoms with Crippen LogP contribution in [-0.2, 0) is 0 Å². The Morgan fingerprint density at radius 2 is 2.00 bits per heavy atom. The molecule has 0 saturated carbocycles. The predicted molar refractivity (Wildman–Crippen MR) is 63.5 cm³/mol. The minimum atomic E-state index is 0.755. The smallest absolute Gasteiger partial charge is 0.0141 e. The molecule has 1 atom stereocenters. The van der Waals surface area contributed by atoms with Crippen molar-refractivity contribution in [3.8, 4) is 0 Å². The molecule has 3 heteroatoms. The molecule has 0 fully saturated rings. The Kier molecular flexibility index (Phi) is 10.3. The van der Waals surface area contributed by atoms with Gasteiger partial charge in [-0.25, -0.2) is 0 Å². The lowest BCUT2D eigenvalue weighted by Gasteiger charge is -2.08.